The zero-order chi connectivity index (χ0) is 19.9. The Bertz CT molecular complexity index is 882. The van der Waals surface area contributed by atoms with E-state index >= 15 is 0 Å². The highest BCUT2D eigenvalue weighted by Gasteiger charge is 2.59. The third-order valence-electron chi connectivity index (χ3n) is 6.41. The Balaban J connectivity index is 1.70. The minimum absolute atomic E-state index is 0.108. The summed E-state index contributed by atoms with van der Waals surface area (Å²) < 4.78 is 6.48. The van der Waals surface area contributed by atoms with E-state index in [1.807, 2.05) is 0 Å². The van der Waals surface area contributed by atoms with Gasteiger partial charge in [-0.15, -0.1) is 0 Å². The van der Waals surface area contributed by atoms with Crippen LogP contribution in [0, 0.1) is 0 Å². The second-order valence-electron chi connectivity index (χ2n) is 8.74. The predicted octanol–water partition coefficient (Wildman–Crippen LogP) is 5.24. The monoisotopic (exact) mass is 376 g/mol. The molecule has 3 heteroatoms. The molecule has 0 aromatic heterocycles. The summed E-state index contributed by atoms with van der Waals surface area (Å²) in [6.07, 6.45) is 6.81. The smallest absolute Gasteiger partial charge is 0.170 e. The fourth-order valence-electron chi connectivity index (χ4n) is 4.75. The van der Waals surface area contributed by atoms with Crippen LogP contribution in [0.3, 0.4) is 0 Å². The van der Waals surface area contributed by atoms with Crippen LogP contribution in [0.4, 0.5) is 11.4 Å². The van der Waals surface area contributed by atoms with Crippen LogP contribution in [0.1, 0.15) is 43.9 Å². The molecule has 0 radical (unpaired) electrons. The molecule has 2 aromatic carbocycles. The maximum atomic E-state index is 6.48. The molecule has 1 saturated heterocycles. The van der Waals surface area contributed by atoms with Gasteiger partial charge < -0.3 is 14.5 Å². The third-order valence-corrected chi connectivity index (χ3v) is 6.41. The van der Waals surface area contributed by atoms with E-state index in [9.17, 15) is 0 Å². The topological polar surface area (TPSA) is 15.7 Å². The summed E-state index contributed by atoms with van der Waals surface area (Å²) in [5, 5.41) is 0. The maximum absolute atomic E-state index is 6.48. The quantitative estimate of drug-likeness (QED) is 0.709. The van der Waals surface area contributed by atoms with Gasteiger partial charge in [-0.05, 0) is 47.4 Å². The average Bonchev–Trinajstić information content (AvgIpc) is 3.18. The second kappa shape index (κ2) is 6.97. The Hall–Kier alpha value is -2.26. The number of anilines is 2. The number of ether oxygens (including phenoxy) is 1. The second-order valence-corrected chi connectivity index (χ2v) is 8.74. The molecule has 148 valence electrons. The van der Waals surface area contributed by atoms with Crippen molar-refractivity contribution in [2.24, 2.45) is 0 Å². The van der Waals surface area contributed by atoms with Gasteiger partial charge in [-0.3, -0.25) is 0 Å². The molecule has 4 rings (SSSR count). The van der Waals surface area contributed by atoms with Gasteiger partial charge in [0.15, 0.2) is 5.72 Å². The normalized spacial score (nSPS) is 22.5. The molecular formula is C25H32N2O. The summed E-state index contributed by atoms with van der Waals surface area (Å²) in [6, 6.07) is 15.7. The van der Waals surface area contributed by atoms with Gasteiger partial charge in [0.1, 0.15) is 0 Å². The van der Waals surface area contributed by atoms with E-state index in [0.29, 0.717) is 0 Å². The molecule has 2 heterocycles. The number of benzene rings is 2. The number of hydrogen-bond donors (Lipinski definition) is 0. The van der Waals surface area contributed by atoms with Crippen molar-refractivity contribution in [1.82, 2.24) is 0 Å². The van der Waals surface area contributed by atoms with E-state index in [2.05, 4.69) is 99.3 Å². The number of aryl methyl sites for hydroxylation is 1. The van der Waals surface area contributed by atoms with Crippen LogP contribution < -0.4 is 9.80 Å². The number of hydrogen-bond acceptors (Lipinski definition) is 3. The van der Waals surface area contributed by atoms with Crippen LogP contribution in [0.2, 0.25) is 0 Å². The molecule has 3 nitrogen and oxygen atoms in total. The first-order valence-electron chi connectivity index (χ1n) is 10.4. The highest BCUT2D eigenvalue weighted by Crippen LogP contribution is 2.55. The molecule has 0 spiro atoms. The van der Waals surface area contributed by atoms with Crippen molar-refractivity contribution in [3.63, 3.8) is 0 Å². The van der Waals surface area contributed by atoms with Crippen LogP contribution >= 0.6 is 0 Å². The highest BCUT2D eigenvalue weighted by molar-refractivity contribution is 5.70. The summed E-state index contributed by atoms with van der Waals surface area (Å²) in [5.41, 5.74) is 6.05. The van der Waals surface area contributed by atoms with Crippen LogP contribution in [0.25, 0.3) is 6.08 Å². The van der Waals surface area contributed by atoms with Crippen molar-refractivity contribution in [3.8, 4) is 0 Å². The van der Waals surface area contributed by atoms with E-state index in [4.69, 9.17) is 4.74 Å². The van der Waals surface area contributed by atoms with Crippen molar-refractivity contribution in [1.29, 1.82) is 0 Å². The van der Waals surface area contributed by atoms with E-state index in [1.54, 1.807) is 0 Å². The zero-order valence-corrected chi connectivity index (χ0v) is 17.8. The SMILES string of the molecule is CCCc1ccc2c(c1)C(C)(C)C1(/C=C/c3ccc(N(C)C)cc3)OCCN21. The van der Waals surface area contributed by atoms with Crippen LogP contribution in [-0.4, -0.2) is 33.0 Å². The molecule has 0 N–H and O–H groups in total. The van der Waals surface area contributed by atoms with Gasteiger partial charge in [0, 0.05) is 37.4 Å². The Labute approximate surface area is 169 Å². The van der Waals surface area contributed by atoms with E-state index in [0.717, 1.165) is 19.6 Å². The van der Waals surface area contributed by atoms with Crippen molar-refractivity contribution in [2.45, 2.75) is 44.8 Å². The molecule has 1 unspecified atom stereocenters. The third kappa shape index (κ3) is 2.84. The number of fused-ring (bicyclic) bond motifs is 3. The molecule has 2 aliphatic rings. The first kappa shape index (κ1) is 19.1. The average molecular weight is 377 g/mol. The van der Waals surface area contributed by atoms with Gasteiger partial charge in [0.05, 0.1) is 6.61 Å². The van der Waals surface area contributed by atoms with Crippen molar-refractivity contribution in [2.75, 3.05) is 37.0 Å². The molecule has 0 saturated carbocycles. The molecule has 28 heavy (non-hydrogen) atoms. The van der Waals surface area contributed by atoms with Gasteiger partial charge in [0.2, 0.25) is 0 Å². The fourth-order valence-corrected chi connectivity index (χ4v) is 4.75. The Morgan fingerprint density at radius 3 is 2.54 bits per heavy atom. The minimum Gasteiger partial charge on any atom is -0.378 e. The highest BCUT2D eigenvalue weighted by atomic mass is 16.5. The molecule has 1 fully saturated rings. The Kier molecular flexibility index (Phi) is 4.75. The lowest BCUT2D eigenvalue weighted by Gasteiger charge is -2.39. The molecule has 0 aliphatic carbocycles. The zero-order valence-electron chi connectivity index (χ0n) is 17.8. The molecule has 2 aromatic rings. The van der Waals surface area contributed by atoms with Crippen LogP contribution in [0.15, 0.2) is 48.5 Å². The lowest BCUT2D eigenvalue weighted by Crippen LogP contribution is -2.51. The van der Waals surface area contributed by atoms with Gasteiger partial charge >= 0.3 is 0 Å². The van der Waals surface area contributed by atoms with Gasteiger partial charge in [0.25, 0.3) is 0 Å². The largest absolute Gasteiger partial charge is 0.378 e. The molecule has 2 aliphatic heterocycles. The van der Waals surface area contributed by atoms with E-state index < -0.39 is 5.72 Å². The summed E-state index contributed by atoms with van der Waals surface area (Å²) in [5.74, 6) is 0. The molecule has 0 bridgehead atoms. The van der Waals surface area contributed by atoms with Crippen LogP contribution in [0.5, 0.6) is 0 Å². The summed E-state index contributed by atoms with van der Waals surface area (Å²) in [4.78, 5) is 4.58. The van der Waals surface area contributed by atoms with Gasteiger partial charge in [-0.25, -0.2) is 0 Å². The van der Waals surface area contributed by atoms with Gasteiger partial charge in [-0.2, -0.15) is 0 Å². The predicted molar refractivity (Wildman–Crippen MR) is 119 cm³/mol. The minimum atomic E-state index is -0.416. The summed E-state index contributed by atoms with van der Waals surface area (Å²) in [6.45, 7) is 8.60. The summed E-state index contributed by atoms with van der Waals surface area (Å²) >= 11 is 0. The fraction of sp³-hybridized carbons (Fsp3) is 0.440. The van der Waals surface area contributed by atoms with E-state index in [1.165, 1.54) is 34.5 Å². The molecule has 1 atom stereocenters. The molecular weight excluding hydrogens is 344 g/mol. The Morgan fingerprint density at radius 2 is 1.86 bits per heavy atom. The number of nitrogens with zero attached hydrogens (tertiary/aromatic N) is 2. The molecule has 0 amide bonds. The van der Waals surface area contributed by atoms with Crippen molar-refractivity contribution in [3.05, 3.63) is 65.2 Å². The first-order chi connectivity index (χ1) is 13.4. The van der Waals surface area contributed by atoms with Crippen molar-refractivity contribution < 1.29 is 4.74 Å². The first-order valence-corrected chi connectivity index (χ1v) is 10.4. The standard InChI is InChI=1S/C25H32N2O/c1-6-7-20-10-13-23-22(18-20)24(2,3)25(27(23)16-17-28-25)15-14-19-8-11-21(12-9-19)26(4)5/h8-15,18H,6-7,16-17H2,1-5H3/b15-14+. The Morgan fingerprint density at radius 1 is 1.11 bits per heavy atom. The van der Waals surface area contributed by atoms with Crippen molar-refractivity contribution >= 4 is 17.5 Å². The van der Waals surface area contributed by atoms with Crippen LogP contribution in [-0.2, 0) is 16.6 Å². The lowest BCUT2D eigenvalue weighted by atomic mass is 9.76. The van der Waals surface area contributed by atoms with Gasteiger partial charge in [-0.1, -0.05) is 57.5 Å². The lowest BCUT2D eigenvalue weighted by molar-refractivity contribution is 0.000325. The maximum Gasteiger partial charge on any atom is 0.170 e. The summed E-state index contributed by atoms with van der Waals surface area (Å²) in [7, 11) is 4.14. The number of rotatable bonds is 5. The van der Waals surface area contributed by atoms with E-state index in [-0.39, 0.29) is 5.41 Å².